The number of unbranched alkanes of at least 4 members (excludes halogenated alkanes) is 1. The first-order valence-corrected chi connectivity index (χ1v) is 14.7. The molecule has 0 bridgehead atoms. The molecular weight excluding hydrogens is 557 g/mol. The number of hydrogen-bond donors (Lipinski definition) is 2. The van der Waals surface area contributed by atoms with Crippen molar-refractivity contribution >= 4 is 23.2 Å². The van der Waals surface area contributed by atoms with E-state index in [4.69, 9.17) is 4.99 Å². The summed E-state index contributed by atoms with van der Waals surface area (Å²) in [5.41, 5.74) is 1.63. The highest BCUT2D eigenvalue weighted by Gasteiger charge is 2.38. The zero-order valence-corrected chi connectivity index (χ0v) is 23.9. The summed E-state index contributed by atoms with van der Waals surface area (Å²) in [5, 5.41) is 13.8. The molecular formula is C33H35F3N4O3. The summed E-state index contributed by atoms with van der Waals surface area (Å²) in [5.74, 6) is -1.31. The molecule has 0 radical (unpaired) electrons. The van der Waals surface area contributed by atoms with Crippen LogP contribution in [0.25, 0.3) is 0 Å². The highest BCUT2D eigenvalue weighted by molar-refractivity contribution is 6.20. The molecule has 43 heavy (non-hydrogen) atoms. The third-order valence-electron chi connectivity index (χ3n) is 7.98. The summed E-state index contributed by atoms with van der Waals surface area (Å²) in [7, 11) is 0. The second kappa shape index (κ2) is 13.1. The van der Waals surface area contributed by atoms with E-state index in [1.165, 1.54) is 17.0 Å². The Morgan fingerprint density at radius 3 is 2.49 bits per heavy atom. The Kier molecular flexibility index (Phi) is 9.25. The van der Waals surface area contributed by atoms with Crippen LogP contribution >= 0.6 is 0 Å². The number of nitrogens with one attached hydrogen (secondary N) is 1. The summed E-state index contributed by atoms with van der Waals surface area (Å²) in [6.45, 7) is 2.15. The molecule has 2 N–H and O–H groups in total. The van der Waals surface area contributed by atoms with Gasteiger partial charge in [0.05, 0.1) is 35.5 Å². The molecule has 2 amide bonds. The fourth-order valence-electron chi connectivity index (χ4n) is 5.42. The van der Waals surface area contributed by atoms with Gasteiger partial charge in [0.15, 0.2) is 0 Å². The second-order valence-corrected chi connectivity index (χ2v) is 11.3. The number of benzodiazepines with no additional fused rings is 1. The number of amides is 2. The lowest BCUT2D eigenvalue weighted by molar-refractivity contribution is -0.137. The van der Waals surface area contributed by atoms with Gasteiger partial charge < -0.3 is 15.3 Å². The molecule has 1 saturated carbocycles. The third-order valence-corrected chi connectivity index (χ3v) is 7.98. The van der Waals surface area contributed by atoms with Crippen molar-refractivity contribution in [1.29, 1.82) is 0 Å². The van der Waals surface area contributed by atoms with Gasteiger partial charge in [-0.3, -0.25) is 14.6 Å². The maximum Gasteiger partial charge on any atom is 0.416 e. The number of anilines is 1. The quantitative estimate of drug-likeness (QED) is 0.290. The van der Waals surface area contributed by atoms with Crippen LogP contribution in [-0.4, -0.2) is 39.9 Å². The fraction of sp³-hybridized carbons (Fsp3) is 0.394. The number of aliphatic imine (C=N–C) groups is 1. The van der Waals surface area contributed by atoms with E-state index >= 15 is 0 Å². The molecule has 1 aliphatic carbocycles. The number of hydrogen-bond acceptors (Lipinski definition) is 5. The number of carbonyl (C=O) groups is 2. The lowest BCUT2D eigenvalue weighted by Gasteiger charge is -2.27. The van der Waals surface area contributed by atoms with Gasteiger partial charge in [-0.15, -0.1) is 0 Å². The van der Waals surface area contributed by atoms with Crippen molar-refractivity contribution in [3.05, 3.63) is 95.3 Å². The van der Waals surface area contributed by atoms with Gasteiger partial charge in [-0.1, -0.05) is 69.0 Å². The number of fused-ring (bicyclic) bond motifs is 1. The molecule has 2 heterocycles. The van der Waals surface area contributed by atoms with Crippen LogP contribution in [0.1, 0.15) is 67.7 Å². The Balaban J connectivity index is 1.55. The van der Waals surface area contributed by atoms with Crippen molar-refractivity contribution in [2.75, 3.05) is 4.90 Å². The minimum absolute atomic E-state index is 0.135. The predicted octanol–water partition coefficient (Wildman–Crippen LogP) is 5.89. The number of carbonyl (C=O) groups excluding carboxylic acids is 2. The molecule has 0 spiro atoms. The highest BCUT2D eigenvalue weighted by atomic mass is 19.4. The summed E-state index contributed by atoms with van der Waals surface area (Å²) >= 11 is 0. The normalized spacial score (nSPS) is 18.3. The van der Waals surface area contributed by atoms with Gasteiger partial charge in [-0.25, -0.2) is 4.99 Å². The van der Waals surface area contributed by atoms with Crippen molar-refractivity contribution in [3.63, 3.8) is 0 Å². The van der Waals surface area contributed by atoms with E-state index in [1.807, 2.05) is 13.0 Å². The molecule has 7 nitrogen and oxygen atoms in total. The lowest BCUT2D eigenvalue weighted by Crippen LogP contribution is -2.50. The number of aliphatic hydroxyl groups is 1. The second-order valence-electron chi connectivity index (χ2n) is 11.3. The van der Waals surface area contributed by atoms with Crippen LogP contribution in [0.2, 0.25) is 0 Å². The minimum Gasteiger partial charge on any atom is -0.392 e. The molecule has 2 aromatic carbocycles. The minimum atomic E-state index is -4.51. The van der Waals surface area contributed by atoms with E-state index in [1.54, 1.807) is 42.7 Å². The average Bonchev–Trinajstić information content (AvgIpc) is 3.84. The van der Waals surface area contributed by atoms with E-state index < -0.39 is 41.7 Å². The molecule has 3 aromatic rings. The largest absolute Gasteiger partial charge is 0.416 e. The number of alkyl halides is 3. The van der Waals surface area contributed by atoms with Crippen LogP contribution in [0, 0.1) is 11.8 Å². The average molecular weight is 593 g/mol. The predicted molar refractivity (Wildman–Crippen MR) is 157 cm³/mol. The van der Waals surface area contributed by atoms with E-state index in [2.05, 4.69) is 10.3 Å². The van der Waals surface area contributed by atoms with Crippen molar-refractivity contribution in [2.45, 2.75) is 70.4 Å². The maximum absolute atomic E-state index is 14.2. The SMILES string of the molecule is CCCC[C@H](O)[C@@H](CC1CC1)C(=O)NC1N=C(c2ccc(C(F)(F)F)cc2)c2ccccc2N(Cc2cccnc2)C1=O. The maximum atomic E-state index is 14.2. The number of aromatic nitrogens is 1. The monoisotopic (exact) mass is 592 g/mol. The molecule has 1 unspecified atom stereocenters. The molecule has 0 saturated heterocycles. The number of pyridine rings is 1. The zero-order chi connectivity index (χ0) is 30.6. The first kappa shape index (κ1) is 30.4. The molecule has 1 fully saturated rings. The number of rotatable bonds is 11. The van der Waals surface area contributed by atoms with Gasteiger partial charge in [0, 0.05) is 23.5 Å². The number of para-hydroxylation sites is 1. The van der Waals surface area contributed by atoms with Crippen LogP contribution < -0.4 is 10.2 Å². The standard InChI is InChI=1S/C33H35F3N4O3/c1-2-3-10-28(41)26(18-21-11-12-21)31(42)39-30-32(43)40(20-22-7-6-17-37-19-22)27-9-5-4-8-25(27)29(38-30)23-13-15-24(16-14-23)33(34,35)36/h4-9,13-17,19,21,26,28,30,41H,2-3,10-12,18,20H2,1H3,(H,39,42)/t26-,28+,30?/m1/s1. The van der Waals surface area contributed by atoms with Gasteiger partial charge in [0.25, 0.3) is 5.91 Å². The number of nitrogens with zero attached hydrogens (tertiary/aromatic N) is 3. The molecule has 10 heteroatoms. The van der Waals surface area contributed by atoms with Crippen molar-refractivity contribution in [3.8, 4) is 0 Å². The summed E-state index contributed by atoms with van der Waals surface area (Å²) in [6, 6.07) is 15.2. The number of benzene rings is 2. The van der Waals surface area contributed by atoms with Gasteiger partial charge in [-0.05, 0) is 48.6 Å². The van der Waals surface area contributed by atoms with Gasteiger partial charge in [0.2, 0.25) is 12.1 Å². The Morgan fingerprint density at radius 2 is 1.84 bits per heavy atom. The highest BCUT2D eigenvalue weighted by Crippen LogP contribution is 2.37. The molecule has 2 aliphatic rings. The topological polar surface area (TPSA) is 94.9 Å². The first-order chi connectivity index (χ1) is 20.7. The van der Waals surface area contributed by atoms with Crippen LogP contribution in [0.4, 0.5) is 18.9 Å². The number of aliphatic hydroxyl groups excluding tert-OH is 1. The molecule has 226 valence electrons. The van der Waals surface area contributed by atoms with Crippen LogP contribution in [-0.2, 0) is 22.3 Å². The van der Waals surface area contributed by atoms with Crippen molar-refractivity contribution in [2.24, 2.45) is 16.8 Å². The summed E-state index contributed by atoms with van der Waals surface area (Å²) in [4.78, 5) is 38.3. The fourth-order valence-corrected chi connectivity index (χ4v) is 5.42. The van der Waals surface area contributed by atoms with E-state index in [-0.39, 0.29) is 12.3 Å². The van der Waals surface area contributed by atoms with Crippen molar-refractivity contribution < 1.29 is 27.9 Å². The summed E-state index contributed by atoms with van der Waals surface area (Å²) < 4.78 is 40.0. The van der Waals surface area contributed by atoms with E-state index in [0.717, 1.165) is 43.4 Å². The van der Waals surface area contributed by atoms with E-state index in [9.17, 15) is 27.9 Å². The Hall–Kier alpha value is -4.05. The summed E-state index contributed by atoms with van der Waals surface area (Å²) in [6.07, 6.45) is 1.16. The smallest absolute Gasteiger partial charge is 0.392 e. The van der Waals surface area contributed by atoms with Gasteiger partial charge in [-0.2, -0.15) is 13.2 Å². The van der Waals surface area contributed by atoms with Crippen LogP contribution in [0.5, 0.6) is 0 Å². The van der Waals surface area contributed by atoms with Crippen LogP contribution in [0.15, 0.2) is 78.0 Å². The molecule has 3 atom stereocenters. The molecule has 1 aliphatic heterocycles. The van der Waals surface area contributed by atoms with Gasteiger partial charge in [0.1, 0.15) is 0 Å². The lowest BCUT2D eigenvalue weighted by atomic mass is 9.91. The Labute approximate surface area is 248 Å². The molecule has 5 rings (SSSR count). The van der Waals surface area contributed by atoms with Crippen LogP contribution in [0.3, 0.4) is 0 Å². The van der Waals surface area contributed by atoms with Crippen molar-refractivity contribution in [1.82, 2.24) is 10.3 Å². The Morgan fingerprint density at radius 1 is 1.09 bits per heavy atom. The third kappa shape index (κ3) is 7.30. The zero-order valence-electron chi connectivity index (χ0n) is 23.9. The Bertz CT molecular complexity index is 1460. The number of halogens is 3. The van der Waals surface area contributed by atoms with E-state index in [0.29, 0.717) is 35.6 Å². The molecule has 1 aromatic heterocycles. The first-order valence-electron chi connectivity index (χ1n) is 14.7. The van der Waals surface area contributed by atoms with Gasteiger partial charge >= 0.3 is 6.18 Å².